The highest BCUT2D eigenvalue weighted by Gasteiger charge is 2.35. The molecule has 0 unspecified atom stereocenters. The third kappa shape index (κ3) is 3.46. The third-order valence-electron chi connectivity index (χ3n) is 2.87. The van der Waals surface area contributed by atoms with Crippen LogP contribution in [0.15, 0.2) is 12.1 Å². The number of alkyl halides is 3. The topological polar surface area (TPSA) is 78.6 Å². The van der Waals surface area contributed by atoms with E-state index in [1.54, 1.807) is 13.8 Å². The number of hydrogen-bond donors (Lipinski definition) is 3. The molecule has 20 heavy (non-hydrogen) atoms. The second kappa shape index (κ2) is 5.48. The summed E-state index contributed by atoms with van der Waals surface area (Å²) in [5.41, 5.74) is 4.08. The summed E-state index contributed by atoms with van der Waals surface area (Å²) in [4.78, 5) is 12.0. The van der Waals surface area contributed by atoms with E-state index in [0.29, 0.717) is 0 Å². The lowest BCUT2D eigenvalue weighted by molar-refractivity contribution is -0.137. The van der Waals surface area contributed by atoms with Gasteiger partial charge in [-0.25, -0.2) is 4.79 Å². The minimum atomic E-state index is -4.58. The number of amides is 1. The highest BCUT2D eigenvalue weighted by Crippen LogP contribution is 2.40. The zero-order valence-electron chi connectivity index (χ0n) is 11.2. The average Bonchev–Trinajstić information content (AvgIpc) is 2.28. The minimum absolute atomic E-state index is 0.0759. The first kappa shape index (κ1) is 15.9. The first-order valence-electron chi connectivity index (χ1n) is 5.77. The van der Waals surface area contributed by atoms with Crippen LogP contribution in [0.1, 0.15) is 19.4 Å². The molecule has 5 nitrogen and oxygen atoms in total. The fourth-order valence-electron chi connectivity index (χ4n) is 1.63. The van der Waals surface area contributed by atoms with Crippen molar-refractivity contribution in [2.24, 2.45) is 0 Å². The fourth-order valence-corrected chi connectivity index (χ4v) is 1.63. The maximum Gasteiger partial charge on any atom is 0.418 e. The normalized spacial score (nSPS) is 11.6. The molecule has 1 aromatic carbocycles. The van der Waals surface area contributed by atoms with E-state index >= 15 is 0 Å². The fraction of sp³-hybridized carbons (Fsp3) is 0.417. The molecule has 0 spiro atoms. The van der Waals surface area contributed by atoms with Gasteiger partial charge in [-0.3, -0.25) is 5.32 Å². The van der Waals surface area contributed by atoms with Crippen LogP contribution in [0.25, 0.3) is 0 Å². The van der Waals surface area contributed by atoms with Crippen molar-refractivity contribution in [1.29, 1.82) is 0 Å². The standard InChI is InChI=1S/C12H16F3N3O2/c1-6(2)18(3)10-5-9(17-11(19)20)8(16)4-7(10)12(13,14)15/h4-6,17H,16H2,1-3H3,(H,19,20). The molecule has 0 atom stereocenters. The van der Waals surface area contributed by atoms with Crippen molar-refractivity contribution < 1.29 is 23.1 Å². The number of nitrogen functional groups attached to an aromatic ring is 1. The molecule has 0 bridgehead atoms. The summed E-state index contributed by atoms with van der Waals surface area (Å²) in [6.07, 6.45) is -5.97. The van der Waals surface area contributed by atoms with Crippen molar-refractivity contribution in [2.45, 2.75) is 26.1 Å². The van der Waals surface area contributed by atoms with Crippen LogP contribution < -0.4 is 16.0 Å². The van der Waals surface area contributed by atoms with Crippen molar-refractivity contribution in [3.63, 3.8) is 0 Å². The lowest BCUT2D eigenvalue weighted by atomic mass is 10.1. The highest BCUT2D eigenvalue weighted by atomic mass is 19.4. The molecule has 0 aromatic heterocycles. The van der Waals surface area contributed by atoms with Crippen LogP contribution in [-0.2, 0) is 6.18 Å². The molecular weight excluding hydrogens is 275 g/mol. The van der Waals surface area contributed by atoms with Gasteiger partial charge in [-0.1, -0.05) is 0 Å². The molecular formula is C12H16F3N3O2. The first-order valence-corrected chi connectivity index (χ1v) is 5.77. The number of nitrogens with two attached hydrogens (primary N) is 1. The van der Waals surface area contributed by atoms with Crippen LogP contribution in [0.4, 0.5) is 35.0 Å². The van der Waals surface area contributed by atoms with Gasteiger partial charge in [-0.05, 0) is 26.0 Å². The van der Waals surface area contributed by atoms with Crippen LogP contribution in [-0.4, -0.2) is 24.3 Å². The number of hydrogen-bond acceptors (Lipinski definition) is 3. The average molecular weight is 291 g/mol. The second-order valence-electron chi connectivity index (χ2n) is 4.59. The zero-order chi connectivity index (χ0) is 15.7. The molecule has 1 rings (SSSR count). The zero-order valence-corrected chi connectivity index (χ0v) is 11.2. The van der Waals surface area contributed by atoms with Crippen LogP contribution in [0, 0.1) is 0 Å². The number of nitrogens with zero attached hydrogens (tertiary/aromatic N) is 1. The second-order valence-corrected chi connectivity index (χ2v) is 4.59. The highest BCUT2D eigenvalue weighted by molar-refractivity contribution is 5.89. The van der Waals surface area contributed by atoms with Gasteiger partial charge in [0.2, 0.25) is 0 Å². The molecule has 0 saturated carbocycles. The lowest BCUT2D eigenvalue weighted by Crippen LogP contribution is -2.28. The van der Waals surface area contributed by atoms with Crippen LogP contribution >= 0.6 is 0 Å². The van der Waals surface area contributed by atoms with Crippen LogP contribution in [0.5, 0.6) is 0 Å². The number of halogens is 3. The largest absolute Gasteiger partial charge is 0.465 e. The molecule has 0 fully saturated rings. The van der Waals surface area contributed by atoms with E-state index in [1.807, 2.05) is 5.32 Å². The van der Waals surface area contributed by atoms with Gasteiger partial charge in [0.05, 0.1) is 22.6 Å². The summed E-state index contributed by atoms with van der Waals surface area (Å²) in [6.45, 7) is 3.45. The molecule has 0 radical (unpaired) electrons. The Kier molecular flexibility index (Phi) is 4.36. The molecule has 0 aliphatic rings. The number of nitrogens with one attached hydrogen (secondary N) is 1. The summed E-state index contributed by atoms with van der Waals surface area (Å²) in [5, 5.41) is 10.6. The van der Waals surface area contributed by atoms with Crippen LogP contribution in [0.2, 0.25) is 0 Å². The molecule has 1 aromatic rings. The van der Waals surface area contributed by atoms with E-state index in [4.69, 9.17) is 10.8 Å². The minimum Gasteiger partial charge on any atom is -0.465 e. The molecule has 0 heterocycles. The van der Waals surface area contributed by atoms with E-state index in [9.17, 15) is 18.0 Å². The summed E-state index contributed by atoms with van der Waals surface area (Å²) < 4.78 is 39.1. The van der Waals surface area contributed by atoms with Crippen molar-refractivity contribution in [1.82, 2.24) is 0 Å². The predicted molar refractivity (Wildman–Crippen MR) is 71.0 cm³/mol. The number of benzene rings is 1. The molecule has 112 valence electrons. The van der Waals surface area contributed by atoms with Gasteiger partial charge >= 0.3 is 12.3 Å². The molecule has 0 aliphatic heterocycles. The molecule has 0 saturated heterocycles. The molecule has 8 heteroatoms. The Bertz CT molecular complexity index is 515. The Labute approximate surface area is 114 Å². The summed E-state index contributed by atoms with van der Waals surface area (Å²) in [5.74, 6) is 0. The molecule has 4 N–H and O–H groups in total. The van der Waals surface area contributed by atoms with Crippen molar-refractivity contribution in [2.75, 3.05) is 23.0 Å². The Morgan fingerprint density at radius 2 is 1.95 bits per heavy atom. The van der Waals surface area contributed by atoms with E-state index in [2.05, 4.69) is 0 Å². The van der Waals surface area contributed by atoms with Gasteiger partial charge < -0.3 is 15.7 Å². The summed E-state index contributed by atoms with van der Waals surface area (Å²) in [6, 6.07) is 1.63. The number of anilines is 3. The van der Waals surface area contributed by atoms with Crippen molar-refractivity contribution in [3.8, 4) is 0 Å². The van der Waals surface area contributed by atoms with Crippen molar-refractivity contribution in [3.05, 3.63) is 17.7 Å². The molecule has 1 amide bonds. The maximum absolute atomic E-state index is 13.0. The predicted octanol–water partition coefficient (Wildman–Crippen LogP) is 3.22. The first-order chi connectivity index (χ1) is 9.04. The monoisotopic (exact) mass is 291 g/mol. The SMILES string of the molecule is CC(C)N(C)c1cc(NC(=O)O)c(N)cc1C(F)(F)F. The van der Waals surface area contributed by atoms with Crippen molar-refractivity contribution >= 4 is 23.2 Å². The van der Waals surface area contributed by atoms with E-state index < -0.39 is 17.8 Å². The van der Waals surface area contributed by atoms with Gasteiger partial charge in [0.1, 0.15) is 0 Å². The number of rotatable bonds is 3. The Morgan fingerprint density at radius 3 is 2.35 bits per heavy atom. The van der Waals surface area contributed by atoms with E-state index in [-0.39, 0.29) is 23.1 Å². The smallest absolute Gasteiger partial charge is 0.418 e. The Hall–Kier alpha value is -2.12. The maximum atomic E-state index is 13.0. The van der Waals surface area contributed by atoms with Gasteiger partial charge in [-0.2, -0.15) is 13.2 Å². The Balaban J connectivity index is 3.45. The van der Waals surface area contributed by atoms with E-state index in [1.165, 1.54) is 11.9 Å². The summed E-state index contributed by atoms with van der Waals surface area (Å²) >= 11 is 0. The van der Waals surface area contributed by atoms with Gasteiger partial charge in [0.15, 0.2) is 0 Å². The van der Waals surface area contributed by atoms with Gasteiger partial charge in [0.25, 0.3) is 0 Å². The lowest BCUT2D eigenvalue weighted by Gasteiger charge is -2.28. The van der Waals surface area contributed by atoms with E-state index in [0.717, 1.165) is 12.1 Å². The quantitative estimate of drug-likeness (QED) is 0.747. The number of carbonyl (C=O) groups is 1. The number of carboxylic acid groups (broad SMARTS) is 1. The van der Waals surface area contributed by atoms with Gasteiger partial charge in [-0.15, -0.1) is 0 Å². The van der Waals surface area contributed by atoms with Gasteiger partial charge in [0, 0.05) is 13.1 Å². The van der Waals surface area contributed by atoms with Crippen LogP contribution in [0.3, 0.4) is 0 Å². The Morgan fingerprint density at radius 1 is 1.40 bits per heavy atom. The molecule has 0 aliphatic carbocycles. The summed E-state index contributed by atoms with van der Waals surface area (Å²) in [7, 11) is 1.50. The third-order valence-corrected chi connectivity index (χ3v) is 2.87.